The summed E-state index contributed by atoms with van der Waals surface area (Å²) >= 11 is 0. The maximum Gasteiger partial charge on any atom is 0.0474 e. The monoisotopic (exact) mass is 193 g/mol. The lowest BCUT2D eigenvalue weighted by Crippen LogP contribution is -2.21. The average molecular weight is 193 g/mol. The van der Waals surface area contributed by atoms with Crippen LogP contribution in [0.1, 0.15) is 32.9 Å². The van der Waals surface area contributed by atoms with Crippen molar-refractivity contribution < 1.29 is 4.74 Å². The lowest BCUT2D eigenvalue weighted by molar-refractivity contribution is 0.129. The minimum absolute atomic E-state index is 0.108. The summed E-state index contributed by atoms with van der Waals surface area (Å²) in [6.07, 6.45) is 2.86. The Morgan fingerprint density at radius 2 is 2.14 bits per heavy atom. The summed E-state index contributed by atoms with van der Waals surface area (Å²) in [4.78, 5) is 4.37. The Labute approximate surface area is 86.3 Å². The zero-order valence-electron chi connectivity index (χ0n) is 9.29. The molecule has 0 N–H and O–H groups in total. The Morgan fingerprint density at radius 1 is 1.36 bits per heavy atom. The standard InChI is InChI=1S/C12H19NO/c1-4-14-10-8-12(2,3)11-7-5-6-9-13-11/h5-7,9H,4,8,10H2,1-3H3. The van der Waals surface area contributed by atoms with E-state index in [2.05, 4.69) is 24.9 Å². The van der Waals surface area contributed by atoms with Crippen molar-refractivity contribution in [1.82, 2.24) is 4.98 Å². The fourth-order valence-electron chi connectivity index (χ4n) is 1.36. The van der Waals surface area contributed by atoms with Crippen molar-refractivity contribution in [3.63, 3.8) is 0 Å². The molecule has 2 nitrogen and oxygen atoms in total. The lowest BCUT2D eigenvalue weighted by Gasteiger charge is -2.23. The van der Waals surface area contributed by atoms with Crippen LogP contribution in [0.25, 0.3) is 0 Å². The molecule has 0 atom stereocenters. The minimum Gasteiger partial charge on any atom is -0.382 e. The van der Waals surface area contributed by atoms with Crippen molar-refractivity contribution in [3.05, 3.63) is 30.1 Å². The van der Waals surface area contributed by atoms with Crippen LogP contribution in [0.2, 0.25) is 0 Å². The molecule has 0 radical (unpaired) electrons. The van der Waals surface area contributed by atoms with Gasteiger partial charge in [0.15, 0.2) is 0 Å². The number of ether oxygens (including phenoxy) is 1. The van der Waals surface area contributed by atoms with Gasteiger partial charge in [-0.3, -0.25) is 4.98 Å². The molecule has 0 fully saturated rings. The molecule has 0 unspecified atom stereocenters. The summed E-state index contributed by atoms with van der Waals surface area (Å²) in [5.74, 6) is 0. The van der Waals surface area contributed by atoms with Crippen LogP contribution in [0, 0.1) is 0 Å². The maximum atomic E-state index is 5.36. The number of rotatable bonds is 5. The van der Waals surface area contributed by atoms with Gasteiger partial charge in [-0.15, -0.1) is 0 Å². The lowest BCUT2D eigenvalue weighted by atomic mass is 9.85. The van der Waals surface area contributed by atoms with E-state index in [-0.39, 0.29) is 5.41 Å². The molecule has 0 spiro atoms. The average Bonchev–Trinajstić information content (AvgIpc) is 2.19. The highest BCUT2D eigenvalue weighted by atomic mass is 16.5. The number of nitrogens with zero attached hydrogens (tertiary/aromatic N) is 1. The van der Waals surface area contributed by atoms with Crippen LogP contribution < -0.4 is 0 Å². The molecule has 1 rings (SSSR count). The van der Waals surface area contributed by atoms with Crippen molar-refractivity contribution in [3.8, 4) is 0 Å². The summed E-state index contributed by atoms with van der Waals surface area (Å²) in [6.45, 7) is 8.02. The molecule has 0 aromatic carbocycles. The third-order valence-corrected chi connectivity index (χ3v) is 2.43. The molecular weight excluding hydrogens is 174 g/mol. The van der Waals surface area contributed by atoms with Gasteiger partial charge < -0.3 is 4.74 Å². The van der Waals surface area contributed by atoms with Crippen LogP contribution in [0.15, 0.2) is 24.4 Å². The van der Waals surface area contributed by atoms with Gasteiger partial charge in [-0.25, -0.2) is 0 Å². The van der Waals surface area contributed by atoms with E-state index in [9.17, 15) is 0 Å². The zero-order valence-corrected chi connectivity index (χ0v) is 9.29. The topological polar surface area (TPSA) is 22.1 Å². The van der Waals surface area contributed by atoms with Crippen LogP contribution in [-0.2, 0) is 10.2 Å². The smallest absolute Gasteiger partial charge is 0.0474 e. The summed E-state index contributed by atoms with van der Waals surface area (Å²) in [7, 11) is 0. The first-order valence-corrected chi connectivity index (χ1v) is 5.16. The molecule has 0 amide bonds. The van der Waals surface area contributed by atoms with Gasteiger partial charge in [0.1, 0.15) is 0 Å². The van der Waals surface area contributed by atoms with Gasteiger partial charge in [0.2, 0.25) is 0 Å². The van der Waals surface area contributed by atoms with Gasteiger partial charge in [-0.1, -0.05) is 19.9 Å². The van der Waals surface area contributed by atoms with Crippen molar-refractivity contribution in [2.24, 2.45) is 0 Å². The largest absolute Gasteiger partial charge is 0.382 e. The molecule has 1 heterocycles. The molecule has 0 aliphatic rings. The highest BCUT2D eigenvalue weighted by Crippen LogP contribution is 2.24. The number of hydrogen-bond donors (Lipinski definition) is 0. The van der Waals surface area contributed by atoms with Crippen molar-refractivity contribution >= 4 is 0 Å². The molecule has 0 aliphatic carbocycles. The minimum atomic E-state index is 0.108. The van der Waals surface area contributed by atoms with E-state index in [4.69, 9.17) is 4.74 Å². The van der Waals surface area contributed by atoms with Crippen molar-refractivity contribution in [1.29, 1.82) is 0 Å². The van der Waals surface area contributed by atoms with Crippen molar-refractivity contribution in [2.45, 2.75) is 32.6 Å². The van der Waals surface area contributed by atoms with Gasteiger partial charge in [-0.05, 0) is 25.5 Å². The first-order chi connectivity index (χ1) is 6.67. The maximum absolute atomic E-state index is 5.36. The molecule has 2 heteroatoms. The Hall–Kier alpha value is -0.890. The summed E-state index contributed by atoms with van der Waals surface area (Å²) < 4.78 is 5.36. The predicted molar refractivity (Wildman–Crippen MR) is 58.4 cm³/mol. The van der Waals surface area contributed by atoms with Gasteiger partial charge in [0.25, 0.3) is 0 Å². The van der Waals surface area contributed by atoms with Crippen molar-refractivity contribution in [2.75, 3.05) is 13.2 Å². The Kier molecular flexibility index (Phi) is 4.08. The predicted octanol–water partition coefficient (Wildman–Crippen LogP) is 2.79. The molecule has 1 aromatic rings. The third kappa shape index (κ3) is 3.11. The van der Waals surface area contributed by atoms with Crippen LogP contribution >= 0.6 is 0 Å². The van der Waals surface area contributed by atoms with Gasteiger partial charge in [-0.2, -0.15) is 0 Å². The van der Waals surface area contributed by atoms with Crippen LogP contribution in [0.5, 0.6) is 0 Å². The van der Waals surface area contributed by atoms with Gasteiger partial charge in [0.05, 0.1) is 0 Å². The number of aromatic nitrogens is 1. The van der Waals surface area contributed by atoms with E-state index in [0.29, 0.717) is 0 Å². The van der Waals surface area contributed by atoms with Gasteiger partial charge >= 0.3 is 0 Å². The molecule has 1 aromatic heterocycles. The highest BCUT2D eigenvalue weighted by molar-refractivity contribution is 5.14. The van der Waals surface area contributed by atoms with Crippen LogP contribution in [-0.4, -0.2) is 18.2 Å². The first kappa shape index (κ1) is 11.2. The Balaban J connectivity index is 2.56. The molecular formula is C12H19NO. The van der Waals surface area contributed by atoms with E-state index in [1.807, 2.05) is 25.3 Å². The third-order valence-electron chi connectivity index (χ3n) is 2.43. The number of hydrogen-bond acceptors (Lipinski definition) is 2. The molecule has 14 heavy (non-hydrogen) atoms. The van der Waals surface area contributed by atoms with E-state index in [1.165, 1.54) is 0 Å². The summed E-state index contributed by atoms with van der Waals surface area (Å²) in [5.41, 5.74) is 1.25. The normalized spacial score (nSPS) is 11.6. The van der Waals surface area contributed by atoms with Crippen LogP contribution in [0.4, 0.5) is 0 Å². The molecule has 0 saturated heterocycles. The summed E-state index contributed by atoms with van der Waals surface area (Å²) in [5, 5.41) is 0. The fourth-order valence-corrected chi connectivity index (χ4v) is 1.36. The SMILES string of the molecule is CCOCCC(C)(C)c1ccccn1. The van der Waals surface area contributed by atoms with Crippen LogP contribution in [0.3, 0.4) is 0 Å². The first-order valence-electron chi connectivity index (χ1n) is 5.16. The van der Waals surface area contributed by atoms with E-state index in [1.54, 1.807) is 0 Å². The molecule has 0 bridgehead atoms. The molecule has 0 saturated carbocycles. The second-order valence-electron chi connectivity index (χ2n) is 4.05. The Bertz CT molecular complexity index is 256. The highest BCUT2D eigenvalue weighted by Gasteiger charge is 2.21. The quantitative estimate of drug-likeness (QED) is 0.671. The second kappa shape index (κ2) is 5.11. The zero-order chi connectivity index (χ0) is 10.4. The number of pyridine rings is 1. The van der Waals surface area contributed by atoms with Gasteiger partial charge in [0, 0.05) is 30.5 Å². The Morgan fingerprint density at radius 3 is 2.71 bits per heavy atom. The summed E-state index contributed by atoms with van der Waals surface area (Å²) in [6, 6.07) is 6.05. The molecule has 0 aliphatic heterocycles. The van der Waals surface area contributed by atoms with E-state index < -0.39 is 0 Å². The fraction of sp³-hybridized carbons (Fsp3) is 0.583. The molecule has 78 valence electrons. The second-order valence-corrected chi connectivity index (χ2v) is 4.05. The van der Waals surface area contributed by atoms with E-state index in [0.717, 1.165) is 25.3 Å². The van der Waals surface area contributed by atoms with E-state index >= 15 is 0 Å².